The monoisotopic (exact) mass is 343 g/mol. The van der Waals surface area contributed by atoms with Crippen LogP contribution in [0.5, 0.6) is 5.75 Å². The van der Waals surface area contributed by atoms with Crippen molar-refractivity contribution < 1.29 is 18.3 Å². The van der Waals surface area contributed by atoms with Crippen LogP contribution in [0.4, 0.5) is 8.78 Å². The van der Waals surface area contributed by atoms with Gasteiger partial charge in [-0.3, -0.25) is 4.79 Å². The molecule has 0 unspecified atom stereocenters. The fourth-order valence-electron chi connectivity index (χ4n) is 2.12. The molecule has 124 valence electrons. The maximum absolute atomic E-state index is 12.6. The second-order valence-corrected chi connectivity index (χ2v) is 5.03. The predicted octanol–water partition coefficient (Wildman–Crippen LogP) is 3.05. The predicted molar refractivity (Wildman–Crippen MR) is 81.4 cm³/mol. The van der Waals surface area contributed by atoms with Gasteiger partial charge in [-0.25, -0.2) is 4.68 Å². The summed E-state index contributed by atoms with van der Waals surface area (Å²) in [5, 5.41) is 3.75. The second kappa shape index (κ2) is 7.92. The number of alkyl halides is 3. The zero-order chi connectivity index (χ0) is 16.8. The van der Waals surface area contributed by atoms with Gasteiger partial charge in [-0.1, -0.05) is 18.2 Å². The van der Waals surface area contributed by atoms with Gasteiger partial charge in [-0.2, -0.15) is 13.9 Å². The number of benzene rings is 1. The van der Waals surface area contributed by atoms with Gasteiger partial charge in [0.05, 0.1) is 19.3 Å². The zero-order valence-corrected chi connectivity index (χ0v) is 13.2. The molecule has 23 heavy (non-hydrogen) atoms. The molecule has 0 saturated heterocycles. The molecule has 8 heteroatoms. The number of ether oxygens (including phenoxy) is 1. The third-order valence-corrected chi connectivity index (χ3v) is 3.47. The van der Waals surface area contributed by atoms with E-state index in [0.29, 0.717) is 16.1 Å². The van der Waals surface area contributed by atoms with Crippen molar-refractivity contribution in [3.63, 3.8) is 0 Å². The lowest BCUT2D eigenvalue weighted by Gasteiger charge is -2.22. The molecule has 0 atom stereocenters. The van der Waals surface area contributed by atoms with E-state index in [1.807, 2.05) is 18.2 Å². The number of methoxy groups -OCH3 is 1. The lowest BCUT2D eigenvalue weighted by molar-refractivity contribution is -0.129. The molecule has 5 nitrogen and oxygen atoms in total. The van der Waals surface area contributed by atoms with Crippen LogP contribution >= 0.6 is 11.6 Å². The Morgan fingerprint density at radius 3 is 2.70 bits per heavy atom. The number of amides is 1. The average Bonchev–Trinajstić information content (AvgIpc) is 3.03. The van der Waals surface area contributed by atoms with Crippen LogP contribution in [-0.2, 0) is 17.9 Å². The number of nitrogens with zero attached hydrogens (tertiary/aromatic N) is 3. The number of carbonyl (C=O) groups excluding carboxylic acids is 1. The third kappa shape index (κ3) is 4.41. The van der Waals surface area contributed by atoms with E-state index in [-0.39, 0.29) is 24.9 Å². The smallest absolute Gasteiger partial charge is 0.333 e. The van der Waals surface area contributed by atoms with E-state index in [1.54, 1.807) is 6.07 Å². The van der Waals surface area contributed by atoms with Gasteiger partial charge in [-0.15, -0.1) is 11.6 Å². The minimum atomic E-state index is -2.71. The van der Waals surface area contributed by atoms with E-state index in [9.17, 15) is 13.6 Å². The topological polar surface area (TPSA) is 47.4 Å². The standard InChI is InChI=1S/C15H16ClF2N3O2/c1-23-13-5-3-2-4-11(13)9-20(14(22)8-16)10-12-6-7-21(19-12)15(17)18/h2-7,15H,8-10H2,1H3. The van der Waals surface area contributed by atoms with Crippen molar-refractivity contribution in [3.05, 3.63) is 47.8 Å². The minimum absolute atomic E-state index is 0.0866. The van der Waals surface area contributed by atoms with Gasteiger partial charge in [0, 0.05) is 18.3 Å². The van der Waals surface area contributed by atoms with Crippen molar-refractivity contribution in [2.75, 3.05) is 13.0 Å². The van der Waals surface area contributed by atoms with Gasteiger partial charge in [0.2, 0.25) is 5.91 Å². The summed E-state index contributed by atoms with van der Waals surface area (Å²) in [6.07, 6.45) is 1.17. The number of aromatic nitrogens is 2. The van der Waals surface area contributed by atoms with E-state index < -0.39 is 6.55 Å². The average molecular weight is 344 g/mol. The Balaban J connectivity index is 2.18. The highest BCUT2D eigenvalue weighted by Crippen LogP contribution is 2.20. The third-order valence-electron chi connectivity index (χ3n) is 3.24. The highest BCUT2D eigenvalue weighted by atomic mass is 35.5. The molecular formula is C15H16ClF2N3O2. The second-order valence-electron chi connectivity index (χ2n) is 4.76. The fraction of sp³-hybridized carbons (Fsp3) is 0.333. The number of para-hydroxylation sites is 1. The zero-order valence-electron chi connectivity index (χ0n) is 12.5. The van der Waals surface area contributed by atoms with Crippen molar-refractivity contribution in [3.8, 4) is 5.75 Å². The van der Waals surface area contributed by atoms with Gasteiger partial charge in [0.25, 0.3) is 0 Å². The molecule has 0 aliphatic rings. The summed E-state index contributed by atoms with van der Waals surface area (Å²) >= 11 is 5.64. The highest BCUT2D eigenvalue weighted by molar-refractivity contribution is 6.27. The highest BCUT2D eigenvalue weighted by Gasteiger charge is 2.17. The maximum atomic E-state index is 12.6. The number of rotatable bonds is 7. The molecule has 0 N–H and O–H groups in total. The molecule has 0 aliphatic heterocycles. The molecule has 0 saturated carbocycles. The van der Waals surface area contributed by atoms with Crippen molar-refractivity contribution in [1.82, 2.24) is 14.7 Å². The largest absolute Gasteiger partial charge is 0.496 e. The number of halogens is 3. The Morgan fingerprint density at radius 2 is 2.09 bits per heavy atom. The Labute approximate surface area is 137 Å². The SMILES string of the molecule is COc1ccccc1CN(Cc1ccn(C(F)F)n1)C(=O)CCl. The van der Waals surface area contributed by atoms with Crippen LogP contribution in [0, 0.1) is 0 Å². The number of carbonyl (C=O) groups is 1. The summed E-state index contributed by atoms with van der Waals surface area (Å²) in [4.78, 5) is 13.5. The summed E-state index contributed by atoms with van der Waals surface area (Å²) in [5.74, 6) is 0.118. The molecule has 0 aliphatic carbocycles. The van der Waals surface area contributed by atoms with Crippen LogP contribution in [0.25, 0.3) is 0 Å². The quantitative estimate of drug-likeness (QED) is 0.726. The molecule has 2 aromatic rings. The first-order valence-corrected chi connectivity index (χ1v) is 7.36. The summed E-state index contributed by atoms with van der Waals surface area (Å²) in [6, 6.07) is 8.70. The van der Waals surface area contributed by atoms with Crippen LogP contribution in [-0.4, -0.2) is 33.6 Å². The van der Waals surface area contributed by atoms with E-state index in [1.165, 1.54) is 24.3 Å². The van der Waals surface area contributed by atoms with Gasteiger partial charge < -0.3 is 9.64 Å². The van der Waals surface area contributed by atoms with Gasteiger partial charge in [-0.05, 0) is 12.1 Å². The number of hydrogen-bond donors (Lipinski definition) is 0. The molecule has 1 amide bonds. The summed E-state index contributed by atoms with van der Waals surface area (Å²) in [6.45, 7) is -2.38. The van der Waals surface area contributed by atoms with Gasteiger partial charge in [0.1, 0.15) is 11.6 Å². The van der Waals surface area contributed by atoms with Gasteiger partial charge >= 0.3 is 6.55 Å². The Bertz CT molecular complexity index is 664. The molecule has 0 fully saturated rings. The Morgan fingerprint density at radius 1 is 1.35 bits per heavy atom. The normalized spacial score (nSPS) is 10.8. The van der Waals surface area contributed by atoms with Crippen molar-refractivity contribution in [1.29, 1.82) is 0 Å². The van der Waals surface area contributed by atoms with Crippen LogP contribution in [0.1, 0.15) is 17.8 Å². The molecule has 0 radical (unpaired) electrons. The minimum Gasteiger partial charge on any atom is -0.496 e. The Kier molecular flexibility index (Phi) is 5.92. The van der Waals surface area contributed by atoms with Crippen LogP contribution in [0.3, 0.4) is 0 Å². The molecule has 0 spiro atoms. The molecule has 0 bridgehead atoms. The van der Waals surface area contributed by atoms with E-state index in [2.05, 4.69) is 5.10 Å². The van der Waals surface area contributed by atoms with Gasteiger partial charge in [0.15, 0.2) is 0 Å². The Hall–Kier alpha value is -2.15. The van der Waals surface area contributed by atoms with Crippen LogP contribution in [0.15, 0.2) is 36.5 Å². The summed E-state index contributed by atoms with van der Waals surface area (Å²) in [5.41, 5.74) is 1.15. The lowest BCUT2D eigenvalue weighted by atomic mass is 10.2. The van der Waals surface area contributed by atoms with E-state index >= 15 is 0 Å². The summed E-state index contributed by atoms with van der Waals surface area (Å²) in [7, 11) is 1.54. The van der Waals surface area contributed by atoms with Crippen molar-refractivity contribution in [2.24, 2.45) is 0 Å². The molecule has 1 heterocycles. The van der Waals surface area contributed by atoms with Crippen molar-refractivity contribution >= 4 is 17.5 Å². The molecular weight excluding hydrogens is 328 g/mol. The van der Waals surface area contributed by atoms with Crippen molar-refractivity contribution in [2.45, 2.75) is 19.6 Å². The molecule has 1 aromatic heterocycles. The molecule has 2 rings (SSSR count). The lowest BCUT2D eigenvalue weighted by Crippen LogP contribution is -2.31. The van der Waals surface area contributed by atoms with E-state index in [0.717, 1.165) is 5.56 Å². The molecule has 1 aromatic carbocycles. The first-order chi connectivity index (χ1) is 11.0. The first-order valence-electron chi connectivity index (χ1n) is 6.83. The fourth-order valence-corrected chi connectivity index (χ4v) is 2.29. The summed E-state index contributed by atoms with van der Waals surface area (Å²) < 4.78 is 30.9. The van der Waals surface area contributed by atoms with Crippen LogP contribution in [0.2, 0.25) is 0 Å². The van der Waals surface area contributed by atoms with Crippen LogP contribution < -0.4 is 4.74 Å². The first kappa shape index (κ1) is 17.2. The maximum Gasteiger partial charge on any atom is 0.333 e. The number of hydrogen-bond acceptors (Lipinski definition) is 3. The van der Waals surface area contributed by atoms with E-state index in [4.69, 9.17) is 16.3 Å².